The topological polar surface area (TPSA) is 27.7 Å². The number of piperidine rings is 1. The van der Waals surface area contributed by atoms with Crippen molar-refractivity contribution in [3.63, 3.8) is 0 Å². The van der Waals surface area contributed by atoms with E-state index in [9.17, 15) is 0 Å². The zero-order valence-electron chi connectivity index (χ0n) is 13.8. The summed E-state index contributed by atoms with van der Waals surface area (Å²) >= 11 is 6.11. The fraction of sp³-hybridized carbons (Fsp3) is 0.667. The first kappa shape index (κ1) is 17.0. The molecule has 2 heterocycles. The second-order valence-electron chi connectivity index (χ2n) is 6.61. The summed E-state index contributed by atoms with van der Waals surface area (Å²) < 4.78 is 5.79. The molecule has 128 valence electrons. The molecule has 0 amide bonds. The second-order valence-corrected chi connectivity index (χ2v) is 7.02. The molecule has 0 aromatic heterocycles. The lowest BCUT2D eigenvalue weighted by molar-refractivity contribution is 0.1000. The van der Waals surface area contributed by atoms with Gasteiger partial charge in [-0.05, 0) is 44.0 Å². The third-order valence-electron chi connectivity index (χ3n) is 4.94. The van der Waals surface area contributed by atoms with E-state index >= 15 is 0 Å². The summed E-state index contributed by atoms with van der Waals surface area (Å²) in [7, 11) is 0. The quantitative estimate of drug-likeness (QED) is 0.862. The number of ether oxygens (including phenoxy) is 1. The normalized spacial score (nSPS) is 21.4. The van der Waals surface area contributed by atoms with E-state index in [2.05, 4.69) is 15.1 Å². The molecule has 0 atom stereocenters. The van der Waals surface area contributed by atoms with Crippen molar-refractivity contribution in [2.45, 2.75) is 12.8 Å². The van der Waals surface area contributed by atoms with Crippen LogP contribution < -0.4 is 10.1 Å². The van der Waals surface area contributed by atoms with Gasteiger partial charge in [-0.1, -0.05) is 23.7 Å². The lowest BCUT2D eigenvalue weighted by Gasteiger charge is -2.37. The molecule has 0 radical (unpaired) electrons. The molecule has 2 fully saturated rings. The smallest absolute Gasteiger partial charge is 0.137 e. The molecule has 0 aliphatic carbocycles. The highest BCUT2D eigenvalue weighted by molar-refractivity contribution is 6.32. The zero-order valence-corrected chi connectivity index (χ0v) is 14.6. The largest absolute Gasteiger partial charge is 0.491 e. The Labute approximate surface area is 144 Å². The average Bonchev–Trinajstić information content (AvgIpc) is 2.59. The highest BCUT2D eigenvalue weighted by Crippen LogP contribution is 2.23. The van der Waals surface area contributed by atoms with Crippen LogP contribution in [0, 0.1) is 5.92 Å². The summed E-state index contributed by atoms with van der Waals surface area (Å²) in [6, 6.07) is 7.69. The van der Waals surface area contributed by atoms with Crippen LogP contribution in [0.4, 0.5) is 0 Å². The molecule has 1 aromatic carbocycles. The van der Waals surface area contributed by atoms with Crippen molar-refractivity contribution in [1.29, 1.82) is 0 Å². The number of nitrogens with one attached hydrogen (secondary N) is 1. The van der Waals surface area contributed by atoms with Crippen molar-refractivity contribution >= 4 is 11.6 Å². The Morgan fingerprint density at radius 2 is 1.74 bits per heavy atom. The molecule has 2 aliphatic heterocycles. The Morgan fingerprint density at radius 1 is 1.04 bits per heavy atom. The molecule has 1 aromatic rings. The van der Waals surface area contributed by atoms with Gasteiger partial charge in [0.25, 0.3) is 0 Å². The minimum atomic E-state index is 0.694. The summed E-state index contributed by atoms with van der Waals surface area (Å²) in [5, 5.41) is 4.14. The van der Waals surface area contributed by atoms with Gasteiger partial charge in [0.15, 0.2) is 0 Å². The van der Waals surface area contributed by atoms with Gasteiger partial charge in [-0.15, -0.1) is 0 Å². The van der Waals surface area contributed by atoms with E-state index in [1.54, 1.807) is 0 Å². The molecule has 0 saturated carbocycles. The van der Waals surface area contributed by atoms with Crippen LogP contribution in [0.3, 0.4) is 0 Å². The molecule has 5 heteroatoms. The molecule has 1 N–H and O–H groups in total. The fourth-order valence-electron chi connectivity index (χ4n) is 3.47. The standard InChI is InChI=1S/C18H28ClN3O/c19-17-3-1-2-4-18(17)23-14-13-21-9-11-22(12-10-21)15-16-5-7-20-8-6-16/h1-4,16,20H,5-15H2. The number of halogens is 1. The number of para-hydroxylation sites is 1. The Hall–Kier alpha value is -0.810. The zero-order chi connectivity index (χ0) is 15.9. The molecular weight excluding hydrogens is 310 g/mol. The van der Waals surface area contributed by atoms with Gasteiger partial charge in [-0.3, -0.25) is 4.90 Å². The highest BCUT2D eigenvalue weighted by atomic mass is 35.5. The fourth-order valence-corrected chi connectivity index (χ4v) is 3.66. The van der Waals surface area contributed by atoms with E-state index in [1.165, 1.54) is 45.6 Å². The molecule has 4 nitrogen and oxygen atoms in total. The molecule has 0 unspecified atom stereocenters. The van der Waals surface area contributed by atoms with Crippen LogP contribution in [0.5, 0.6) is 5.75 Å². The van der Waals surface area contributed by atoms with Gasteiger partial charge < -0.3 is 15.0 Å². The summed E-state index contributed by atoms with van der Waals surface area (Å²) in [5.74, 6) is 1.69. The van der Waals surface area contributed by atoms with Crippen LogP contribution in [-0.2, 0) is 0 Å². The molecular formula is C18H28ClN3O. The van der Waals surface area contributed by atoms with Crippen molar-refractivity contribution in [2.24, 2.45) is 5.92 Å². The van der Waals surface area contributed by atoms with Crippen molar-refractivity contribution in [3.05, 3.63) is 29.3 Å². The van der Waals surface area contributed by atoms with E-state index in [4.69, 9.17) is 16.3 Å². The second kappa shape index (κ2) is 8.88. The summed E-state index contributed by atoms with van der Waals surface area (Å²) in [5.41, 5.74) is 0. The van der Waals surface area contributed by atoms with Gasteiger partial charge in [0, 0.05) is 39.3 Å². The third-order valence-corrected chi connectivity index (χ3v) is 5.25. The van der Waals surface area contributed by atoms with Crippen LogP contribution in [-0.4, -0.2) is 68.8 Å². The molecule has 23 heavy (non-hydrogen) atoms. The summed E-state index contributed by atoms with van der Waals surface area (Å²) in [6.07, 6.45) is 2.68. The number of piperazine rings is 1. The Balaban J connectivity index is 1.32. The first-order chi connectivity index (χ1) is 11.3. The van der Waals surface area contributed by atoms with E-state index in [1.807, 2.05) is 24.3 Å². The number of rotatable bonds is 6. The van der Waals surface area contributed by atoms with Crippen LogP contribution in [0.1, 0.15) is 12.8 Å². The summed E-state index contributed by atoms with van der Waals surface area (Å²) in [4.78, 5) is 5.14. The van der Waals surface area contributed by atoms with Gasteiger partial charge in [-0.25, -0.2) is 0 Å². The van der Waals surface area contributed by atoms with Crippen molar-refractivity contribution < 1.29 is 4.74 Å². The predicted octanol–water partition coefficient (Wildman–Crippen LogP) is 2.34. The van der Waals surface area contributed by atoms with E-state index in [-0.39, 0.29) is 0 Å². The van der Waals surface area contributed by atoms with Crippen molar-refractivity contribution in [2.75, 3.05) is 59.0 Å². The first-order valence-electron chi connectivity index (χ1n) is 8.84. The molecule has 3 rings (SSSR count). The highest BCUT2D eigenvalue weighted by Gasteiger charge is 2.21. The maximum absolute atomic E-state index is 6.11. The Kier molecular flexibility index (Phi) is 6.57. The maximum atomic E-state index is 6.11. The monoisotopic (exact) mass is 337 g/mol. The number of nitrogens with zero attached hydrogens (tertiary/aromatic N) is 2. The SMILES string of the molecule is Clc1ccccc1OCCN1CCN(CC2CCNCC2)CC1. The molecule has 0 bridgehead atoms. The number of benzene rings is 1. The van der Waals surface area contributed by atoms with E-state index in [0.29, 0.717) is 11.6 Å². The first-order valence-corrected chi connectivity index (χ1v) is 9.22. The number of hydrogen-bond acceptors (Lipinski definition) is 4. The van der Waals surface area contributed by atoms with Crippen LogP contribution in [0.2, 0.25) is 5.02 Å². The minimum absolute atomic E-state index is 0.694. The van der Waals surface area contributed by atoms with E-state index in [0.717, 1.165) is 31.3 Å². The number of hydrogen-bond donors (Lipinski definition) is 1. The van der Waals surface area contributed by atoms with Gasteiger partial charge in [0.2, 0.25) is 0 Å². The maximum Gasteiger partial charge on any atom is 0.137 e. The van der Waals surface area contributed by atoms with Gasteiger partial charge in [0.05, 0.1) is 5.02 Å². The lowest BCUT2D eigenvalue weighted by Crippen LogP contribution is -2.49. The Morgan fingerprint density at radius 3 is 2.48 bits per heavy atom. The molecule has 2 saturated heterocycles. The predicted molar refractivity (Wildman–Crippen MR) is 95.4 cm³/mol. The average molecular weight is 338 g/mol. The van der Waals surface area contributed by atoms with Crippen molar-refractivity contribution in [1.82, 2.24) is 15.1 Å². The van der Waals surface area contributed by atoms with Crippen LogP contribution in [0.25, 0.3) is 0 Å². The van der Waals surface area contributed by atoms with Gasteiger partial charge >= 0.3 is 0 Å². The minimum Gasteiger partial charge on any atom is -0.491 e. The molecule has 2 aliphatic rings. The van der Waals surface area contributed by atoms with Crippen molar-refractivity contribution in [3.8, 4) is 5.75 Å². The van der Waals surface area contributed by atoms with Crippen LogP contribution >= 0.6 is 11.6 Å². The third kappa shape index (κ3) is 5.35. The molecule has 0 spiro atoms. The lowest BCUT2D eigenvalue weighted by atomic mass is 9.97. The van der Waals surface area contributed by atoms with Crippen LogP contribution in [0.15, 0.2) is 24.3 Å². The van der Waals surface area contributed by atoms with E-state index < -0.39 is 0 Å². The Bertz CT molecular complexity index is 471. The van der Waals surface area contributed by atoms with Gasteiger partial charge in [-0.2, -0.15) is 0 Å². The summed E-state index contributed by atoms with van der Waals surface area (Å²) in [6.45, 7) is 10.0. The van der Waals surface area contributed by atoms with Gasteiger partial charge in [0.1, 0.15) is 12.4 Å².